The molecule has 1 fully saturated rings. The van der Waals surface area contributed by atoms with Crippen molar-refractivity contribution in [3.05, 3.63) is 11.9 Å². The molecule has 1 aliphatic rings. The summed E-state index contributed by atoms with van der Waals surface area (Å²) in [6.07, 6.45) is 2.12. The number of aromatic nitrogens is 2. The van der Waals surface area contributed by atoms with Gasteiger partial charge in [-0.2, -0.15) is 5.10 Å². The molecule has 6 heteroatoms. The van der Waals surface area contributed by atoms with E-state index in [1.54, 1.807) is 6.20 Å². The van der Waals surface area contributed by atoms with E-state index in [9.17, 15) is 5.11 Å². The molecular formula is C14H25BN2O3. The molecule has 2 heterocycles. The summed E-state index contributed by atoms with van der Waals surface area (Å²) >= 11 is 0. The highest BCUT2D eigenvalue weighted by Gasteiger charge is 2.52. The molecule has 1 aromatic rings. The summed E-state index contributed by atoms with van der Waals surface area (Å²) in [5.41, 5.74) is 1.22. The van der Waals surface area contributed by atoms with Crippen LogP contribution in [0.3, 0.4) is 0 Å². The summed E-state index contributed by atoms with van der Waals surface area (Å²) in [7, 11) is -0.396. The highest BCUT2D eigenvalue weighted by atomic mass is 16.7. The third-order valence-electron chi connectivity index (χ3n) is 4.50. The Kier molecular flexibility index (Phi) is 4.02. The number of aliphatic hydroxyl groups excluding tert-OH is 1. The molecule has 1 aromatic heterocycles. The quantitative estimate of drug-likeness (QED) is 0.844. The number of hydrogen-bond donors (Lipinski definition) is 1. The number of nitrogens with zero attached hydrogens (tertiary/aromatic N) is 2. The zero-order valence-corrected chi connectivity index (χ0v) is 13.3. The van der Waals surface area contributed by atoms with Gasteiger partial charge in [0, 0.05) is 17.4 Å². The zero-order valence-electron chi connectivity index (χ0n) is 13.3. The molecule has 1 saturated heterocycles. The second-order valence-electron chi connectivity index (χ2n) is 6.52. The predicted molar refractivity (Wildman–Crippen MR) is 79.0 cm³/mol. The molecule has 1 unspecified atom stereocenters. The molecule has 0 aromatic carbocycles. The van der Waals surface area contributed by atoms with Crippen LogP contribution >= 0.6 is 0 Å². The molecule has 112 valence electrons. The topological polar surface area (TPSA) is 56.5 Å². The minimum absolute atomic E-state index is 0.352. The van der Waals surface area contributed by atoms with E-state index in [1.807, 2.05) is 46.2 Å². The Morgan fingerprint density at radius 2 is 1.85 bits per heavy atom. The van der Waals surface area contributed by atoms with Gasteiger partial charge in [0.15, 0.2) is 0 Å². The minimum atomic E-state index is -0.396. The van der Waals surface area contributed by atoms with E-state index in [4.69, 9.17) is 9.31 Å². The first kappa shape index (κ1) is 15.5. The van der Waals surface area contributed by atoms with Crippen LogP contribution in [-0.2, 0) is 15.9 Å². The summed E-state index contributed by atoms with van der Waals surface area (Å²) < 4.78 is 13.9. The molecule has 1 atom stereocenters. The van der Waals surface area contributed by atoms with Crippen LogP contribution in [0.5, 0.6) is 0 Å². The van der Waals surface area contributed by atoms with Gasteiger partial charge < -0.3 is 14.4 Å². The van der Waals surface area contributed by atoms with Gasteiger partial charge in [0.05, 0.1) is 23.9 Å². The number of aliphatic hydroxyl groups is 1. The van der Waals surface area contributed by atoms with Gasteiger partial charge in [-0.1, -0.05) is 6.92 Å². The van der Waals surface area contributed by atoms with Crippen LogP contribution in [0, 0.1) is 6.92 Å². The number of rotatable bonds is 4. The molecule has 1 aliphatic heterocycles. The highest BCUT2D eigenvalue weighted by molar-refractivity contribution is 6.62. The summed E-state index contributed by atoms with van der Waals surface area (Å²) in [4.78, 5) is 0. The van der Waals surface area contributed by atoms with Crippen LogP contribution in [0.4, 0.5) is 0 Å². The van der Waals surface area contributed by atoms with Crippen molar-refractivity contribution in [3.63, 3.8) is 0 Å². The first-order chi connectivity index (χ1) is 9.18. The Morgan fingerprint density at radius 1 is 1.30 bits per heavy atom. The fourth-order valence-electron chi connectivity index (χ4n) is 2.18. The van der Waals surface area contributed by atoms with Crippen LogP contribution < -0.4 is 5.46 Å². The van der Waals surface area contributed by atoms with Gasteiger partial charge in [0.1, 0.15) is 0 Å². The molecule has 20 heavy (non-hydrogen) atoms. The van der Waals surface area contributed by atoms with E-state index in [-0.39, 0.29) is 17.3 Å². The smallest absolute Gasteiger partial charge is 0.399 e. The van der Waals surface area contributed by atoms with E-state index in [2.05, 4.69) is 5.10 Å². The largest absolute Gasteiger partial charge is 0.498 e. The van der Waals surface area contributed by atoms with Crippen molar-refractivity contribution in [3.8, 4) is 0 Å². The Labute approximate surface area is 121 Å². The molecule has 0 radical (unpaired) electrons. The Hall–Kier alpha value is -0.845. The molecule has 0 aliphatic carbocycles. The molecule has 5 nitrogen and oxygen atoms in total. The number of hydrogen-bond acceptors (Lipinski definition) is 4. The van der Waals surface area contributed by atoms with Crippen LogP contribution in [-0.4, -0.2) is 39.3 Å². The van der Waals surface area contributed by atoms with Crippen molar-refractivity contribution < 1.29 is 14.4 Å². The van der Waals surface area contributed by atoms with E-state index >= 15 is 0 Å². The molecular weight excluding hydrogens is 255 g/mol. The average Bonchev–Trinajstić information content (AvgIpc) is 2.78. The lowest BCUT2D eigenvalue weighted by Crippen LogP contribution is -2.41. The van der Waals surface area contributed by atoms with Crippen molar-refractivity contribution in [2.45, 2.75) is 71.8 Å². The van der Waals surface area contributed by atoms with Crippen molar-refractivity contribution >= 4 is 12.6 Å². The zero-order chi connectivity index (χ0) is 15.1. The van der Waals surface area contributed by atoms with Gasteiger partial charge in [-0.25, -0.2) is 0 Å². The third-order valence-corrected chi connectivity index (χ3v) is 4.50. The van der Waals surface area contributed by atoms with Crippen molar-refractivity contribution in [2.75, 3.05) is 0 Å². The SMILES string of the molecule is CCC(O)Cn1ncc(B2OC(C)(C)C(C)(C)O2)c1C. The lowest BCUT2D eigenvalue weighted by Gasteiger charge is -2.32. The summed E-state index contributed by atoms with van der Waals surface area (Å²) in [5, 5.41) is 14.1. The van der Waals surface area contributed by atoms with E-state index < -0.39 is 7.12 Å². The lowest BCUT2D eigenvalue weighted by molar-refractivity contribution is 0.00578. The standard InChI is InChI=1S/C14H25BN2O3/c1-7-11(18)9-17-10(2)12(8-16-17)15-19-13(3,4)14(5,6)20-15/h8,11,18H,7,9H2,1-6H3. The molecule has 0 amide bonds. The minimum Gasteiger partial charge on any atom is -0.399 e. The molecule has 1 N–H and O–H groups in total. The summed E-state index contributed by atoms with van der Waals surface area (Å²) in [6.45, 7) is 12.6. The van der Waals surface area contributed by atoms with Gasteiger partial charge >= 0.3 is 7.12 Å². The summed E-state index contributed by atoms with van der Waals surface area (Å²) in [6, 6.07) is 0. The maximum Gasteiger partial charge on any atom is 0.498 e. The first-order valence-corrected chi connectivity index (χ1v) is 7.24. The normalized spacial score (nSPS) is 22.2. The van der Waals surface area contributed by atoms with Crippen molar-refractivity contribution in [1.29, 1.82) is 0 Å². The van der Waals surface area contributed by atoms with Crippen molar-refractivity contribution in [1.82, 2.24) is 9.78 Å². The van der Waals surface area contributed by atoms with E-state index in [0.29, 0.717) is 13.0 Å². The van der Waals surface area contributed by atoms with Gasteiger partial charge in [-0.15, -0.1) is 0 Å². The van der Waals surface area contributed by atoms with Crippen LogP contribution in [0.2, 0.25) is 0 Å². The van der Waals surface area contributed by atoms with Crippen LogP contribution in [0.1, 0.15) is 46.7 Å². The van der Waals surface area contributed by atoms with Crippen LogP contribution in [0.25, 0.3) is 0 Å². The van der Waals surface area contributed by atoms with Gasteiger partial charge in [0.25, 0.3) is 0 Å². The monoisotopic (exact) mass is 280 g/mol. The lowest BCUT2D eigenvalue weighted by atomic mass is 9.79. The Balaban J connectivity index is 2.20. The Bertz CT molecular complexity index is 469. The fourth-order valence-corrected chi connectivity index (χ4v) is 2.18. The molecule has 2 rings (SSSR count). The van der Waals surface area contributed by atoms with E-state index in [0.717, 1.165) is 11.2 Å². The fraction of sp³-hybridized carbons (Fsp3) is 0.786. The predicted octanol–water partition coefficient (Wildman–Crippen LogP) is 1.26. The second kappa shape index (κ2) is 5.17. The van der Waals surface area contributed by atoms with Gasteiger partial charge in [0.2, 0.25) is 0 Å². The summed E-state index contributed by atoms with van der Waals surface area (Å²) in [5.74, 6) is 0. The van der Waals surface area contributed by atoms with Gasteiger partial charge in [-0.3, -0.25) is 4.68 Å². The Morgan fingerprint density at radius 3 is 2.35 bits per heavy atom. The van der Waals surface area contributed by atoms with E-state index in [1.165, 1.54) is 0 Å². The maximum absolute atomic E-state index is 9.75. The van der Waals surface area contributed by atoms with Gasteiger partial charge in [-0.05, 0) is 41.0 Å². The molecule has 0 bridgehead atoms. The molecule has 0 saturated carbocycles. The second-order valence-corrected chi connectivity index (χ2v) is 6.52. The average molecular weight is 280 g/mol. The van der Waals surface area contributed by atoms with Crippen LogP contribution in [0.15, 0.2) is 6.20 Å². The van der Waals surface area contributed by atoms with Crippen molar-refractivity contribution in [2.24, 2.45) is 0 Å². The molecule has 0 spiro atoms. The highest BCUT2D eigenvalue weighted by Crippen LogP contribution is 2.36. The first-order valence-electron chi connectivity index (χ1n) is 7.24. The third kappa shape index (κ3) is 2.64. The maximum atomic E-state index is 9.75.